The number of benzene rings is 1. The van der Waals surface area contributed by atoms with Crippen LogP contribution in [-0.4, -0.2) is 11.0 Å². The van der Waals surface area contributed by atoms with E-state index in [-0.39, 0.29) is 6.04 Å². The van der Waals surface area contributed by atoms with E-state index >= 15 is 0 Å². The topological polar surface area (TPSA) is 77.2 Å². The standard InChI is InChI=1S/C14H15N3O2/c1-9(7-11-3-2-6-18-11)16-14-17-12-8-10(15)4-5-13(12)19-14/h2-6,8-9H,7,15H2,1H3,(H,16,17). The summed E-state index contributed by atoms with van der Waals surface area (Å²) in [6.07, 6.45) is 2.44. The summed E-state index contributed by atoms with van der Waals surface area (Å²) >= 11 is 0. The molecule has 0 saturated carbocycles. The van der Waals surface area contributed by atoms with E-state index in [1.54, 1.807) is 18.4 Å². The van der Waals surface area contributed by atoms with E-state index in [2.05, 4.69) is 10.3 Å². The molecule has 0 spiro atoms. The third kappa shape index (κ3) is 2.54. The molecule has 0 fully saturated rings. The van der Waals surface area contributed by atoms with Crippen molar-refractivity contribution in [3.05, 3.63) is 42.4 Å². The fraction of sp³-hybridized carbons (Fsp3) is 0.214. The minimum absolute atomic E-state index is 0.163. The fourth-order valence-electron chi connectivity index (χ4n) is 2.00. The van der Waals surface area contributed by atoms with Gasteiger partial charge in [-0.3, -0.25) is 0 Å². The summed E-state index contributed by atoms with van der Waals surface area (Å²) in [5, 5.41) is 3.21. The van der Waals surface area contributed by atoms with Crippen LogP contribution in [0.1, 0.15) is 12.7 Å². The Morgan fingerprint density at radius 2 is 2.26 bits per heavy atom. The normalized spacial score (nSPS) is 12.7. The molecule has 1 unspecified atom stereocenters. The summed E-state index contributed by atoms with van der Waals surface area (Å²) in [6.45, 7) is 2.05. The van der Waals surface area contributed by atoms with E-state index < -0.39 is 0 Å². The van der Waals surface area contributed by atoms with Crippen LogP contribution in [0.15, 0.2) is 45.4 Å². The predicted octanol–water partition coefficient (Wildman–Crippen LogP) is 3.05. The highest BCUT2D eigenvalue weighted by Crippen LogP contribution is 2.21. The van der Waals surface area contributed by atoms with Crippen LogP contribution in [0.5, 0.6) is 0 Å². The number of nitrogens with two attached hydrogens (primary N) is 1. The van der Waals surface area contributed by atoms with E-state index in [0.717, 1.165) is 23.3 Å². The third-order valence-electron chi connectivity index (χ3n) is 2.87. The van der Waals surface area contributed by atoms with Crippen LogP contribution >= 0.6 is 0 Å². The molecule has 2 aromatic heterocycles. The fourth-order valence-corrected chi connectivity index (χ4v) is 2.00. The van der Waals surface area contributed by atoms with Gasteiger partial charge in [-0.15, -0.1) is 0 Å². The summed E-state index contributed by atoms with van der Waals surface area (Å²) < 4.78 is 10.9. The van der Waals surface area contributed by atoms with E-state index in [1.807, 2.05) is 25.1 Å². The Morgan fingerprint density at radius 1 is 1.37 bits per heavy atom. The molecule has 0 aliphatic heterocycles. The zero-order chi connectivity index (χ0) is 13.2. The number of hydrogen-bond acceptors (Lipinski definition) is 5. The van der Waals surface area contributed by atoms with Gasteiger partial charge in [0, 0.05) is 18.2 Å². The monoisotopic (exact) mass is 257 g/mol. The Hall–Kier alpha value is -2.43. The third-order valence-corrected chi connectivity index (χ3v) is 2.87. The Bertz CT molecular complexity index is 673. The van der Waals surface area contributed by atoms with Crippen molar-refractivity contribution in [1.82, 2.24) is 4.98 Å². The van der Waals surface area contributed by atoms with Crippen LogP contribution in [-0.2, 0) is 6.42 Å². The number of fused-ring (bicyclic) bond motifs is 1. The number of nitrogens with one attached hydrogen (secondary N) is 1. The second-order valence-electron chi connectivity index (χ2n) is 4.58. The van der Waals surface area contributed by atoms with Gasteiger partial charge in [-0.05, 0) is 37.3 Å². The number of nitrogens with zero attached hydrogens (tertiary/aromatic N) is 1. The average Bonchev–Trinajstić information content (AvgIpc) is 2.97. The summed E-state index contributed by atoms with van der Waals surface area (Å²) in [5.41, 5.74) is 7.87. The van der Waals surface area contributed by atoms with Gasteiger partial charge in [-0.2, -0.15) is 4.98 Å². The SMILES string of the molecule is CC(Cc1ccco1)Nc1nc2cc(N)ccc2o1. The van der Waals surface area contributed by atoms with E-state index in [0.29, 0.717) is 11.7 Å². The Labute approximate surface area is 110 Å². The number of oxazole rings is 1. The highest BCUT2D eigenvalue weighted by molar-refractivity contribution is 5.78. The van der Waals surface area contributed by atoms with Gasteiger partial charge in [-0.1, -0.05) is 0 Å². The maximum Gasteiger partial charge on any atom is 0.295 e. The average molecular weight is 257 g/mol. The van der Waals surface area contributed by atoms with E-state index in [1.165, 1.54) is 0 Å². The molecule has 0 bridgehead atoms. The first-order valence-corrected chi connectivity index (χ1v) is 6.16. The highest BCUT2D eigenvalue weighted by atomic mass is 16.4. The lowest BCUT2D eigenvalue weighted by Gasteiger charge is -2.09. The molecular weight excluding hydrogens is 242 g/mol. The van der Waals surface area contributed by atoms with Gasteiger partial charge in [-0.25, -0.2) is 0 Å². The number of rotatable bonds is 4. The van der Waals surface area contributed by atoms with Crippen LogP contribution in [0, 0.1) is 0 Å². The number of furan rings is 1. The number of hydrogen-bond donors (Lipinski definition) is 2. The van der Waals surface area contributed by atoms with Gasteiger partial charge < -0.3 is 19.9 Å². The van der Waals surface area contributed by atoms with Crippen LogP contribution in [0.25, 0.3) is 11.1 Å². The first-order valence-electron chi connectivity index (χ1n) is 6.16. The van der Waals surface area contributed by atoms with Crippen LogP contribution in [0.2, 0.25) is 0 Å². The maximum atomic E-state index is 5.71. The van der Waals surface area contributed by atoms with E-state index in [9.17, 15) is 0 Å². The molecule has 0 aliphatic carbocycles. The van der Waals surface area contributed by atoms with Crippen molar-refractivity contribution in [3.63, 3.8) is 0 Å². The molecule has 98 valence electrons. The highest BCUT2D eigenvalue weighted by Gasteiger charge is 2.10. The summed E-state index contributed by atoms with van der Waals surface area (Å²) in [5.74, 6) is 0.931. The van der Waals surface area contributed by atoms with Gasteiger partial charge in [0.2, 0.25) is 0 Å². The second-order valence-corrected chi connectivity index (χ2v) is 4.58. The van der Waals surface area contributed by atoms with Crippen LogP contribution in [0.4, 0.5) is 11.7 Å². The first-order chi connectivity index (χ1) is 9.20. The quantitative estimate of drug-likeness (QED) is 0.702. The van der Waals surface area contributed by atoms with Gasteiger partial charge in [0.05, 0.1) is 6.26 Å². The summed E-state index contributed by atoms with van der Waals surface area (Å²) in [7, 11) is 0. The zero-order valence-corrected chi connectivity index (χ0v) is 10.6. The molecule has 1 aromatic carbocycles. The molecule has 19 heavy (non-hydrogen) atoms. The number of nitrogen functional groups attached to an aromatic ring is 1. The molecule has 0 saturated heterocycles. The molecule has 0 radical (unpaired) electrons. The van der Waals surface area contributed by atoms with Gasteiger partial charge >= 0.3 is 0 Å². The van der Waals surface area contributed by atoms with Crippen LogP contribution < -0.4 is 11.1 Å². The van der Waals surface area contributed by atoms with Crippen molar-refractivity contribution in [2.24, 2.45) is 0 Å². The molecule has 1 atom stereocenters. The number of anilines is 2. The lowest BCUT2D eigenvalue weighted by Crippen LogP contribution is -2.17. The Morgan fingerprint density at radius 3 is 3.05 bits per heavy atom. The second kappa shape index (κ2) is 4.68. The molecule has 0 aliphatic rings. The predicted molar refractivity (Wildman–Crippen MR) is 73.9 cm³/mol. The molecule has 3 N–H and O–H groups in total. The lowest BCUT2D eigenvalue weighted by molar-refractivity contribution is 0.493. The van der Waals surface area contributed by atoms with Crippen molar-refractivity contribution in [2.45, 2.75) is 19.4 Å². The molecule has 2 heterocycles. The summed E-state index contributed by atoms with van der Waals surface area (Å²) in [4.78, 5) is 4.35. The summed E-state index contributed by atoms with van der Waals surface area (Å²) in [6, 6.07) is 9.90. The van der Waals surface area contributed by atoms with Gasteiger partial charge in [0.15, 0.2) is 5.58 Å². The minimum atomic E-state index is 0.163. The first kappa shape index (κ1) is 11.6. The number of aromatic nitrogens is 1. The molecular formula is C14H15N3O2. The smallest absolute Gasteiger partial charge is 0.295 e. The Balaban J connectivity index is 1.74. The lowest BCUT2D eigenvalue weighted by atomic mass is 10.2. The van der Waals surface area contributed by atoms with E-state index in [4.69, 9.17) is 14.6 Å². The van der Waals surface area contributed by atoms with Crippen LogP contribution in [0.3, 0.4) is 0 Å². The molecule has 0 amide bonds. The zero-order valence-electron chi connectivity index (χ0n) is 10.6. The van der Waals surface area contributed by atoms with Crippen molar-refractivity contribution >= 4 is 22.8 Å². The maximum absolute atomic E-state index is 5.71. The van der Waals surface area contributed by atoms with Gasteiger partial charge in [0.1, 0.15) is 11.3 Å². The largest absolute Gasteiger partial charge is 0.469 e. The van der Waals surface area contributed by atoms with Gasteiger partial charge in [0.25, 0.3) is 6.01 Å². The molecule has 3 rings (SSSR count). The molecule has 5 heteroatoms. The Kier molecular flexibility index (Phi) is 2.87. The van der Waals surface area contributed by atoms with Crippen molar-refractivity contribution < 1.29 is 8.83 Å². The van der Waals surface area contributed by atoms with Crippen molar-refractivity contribution in [3.8, 4) is 0 Å². The molecule has 3 aromatic rings. The van der Waals surface area contributed by atoms with Crippen molar-refractivity contribution in [2.75, 3.05) is 11.1 Å². The van der Waals surface area contributed by atoms with Crippen molar-refractivity contribution in [1.29, 1.82) is 0 Å². The minimum Gasteiger partial charge on any atom is -0.469 e. The molecule has 5 nitrogen and oxygen atoms in total.